The minimum atomic E-state index is -0.717. The number of fused-ring (bicyclic) bond motifs is 6. The quantitative estimate of drug-likeness (QED) is 0.128. The van der Waals surface area contributed by atoms with Crippen LogP contribution in [0.2, 0.25) is 0 Å². The molecule has 0 spiro atoms. The van der Waals surface area contributed by atoms with Crippen molar-refractivity contribution < 1.29 is 33.4 Å². The molecule has 1 fully saturated rings. The Hall–Kier alpha value is -5.86. The smallest absolute Gasteiger partial charge is 0.407 e. The Morgan fingerprint density at radius 2 is 1.67 bits per heavy atom. The van der Waals surface area contributed by atoms with Crippen LogP contribution < -0.4 is 15.4 Å². The highest BCUT2D eigenvalue weighted by atomic mass is 16.5. The van der Waals surface area contributed by atoms with E-state index in [9.17, 15) is 19.2 Å². The number of aromatic amines is 2. The number of carbonyl (C=O) groups is 4. The van der Waals surface area contributed by atoms with Gasteiger partial charge in [0.05, 0.1) is 50.1 Å². The van der Waals surface area contributed by atoms with Gasteiger partial charge in [0.15, 0.2) is 0 Å². The summed E-state index contributed by atoms with van der Waals surface area (Å²) in [6.07, 6.45) is 4.50. The molecule has 2 aromatic carbocycles. The topological polar surface area (TPSA) is 184 Å². The van der Waals surface area contributed by atoms with Crippen molar-refractivity contribution in [2.75, 3.05) is 27.3 Å². The molecule has 2 aromatic heterocycles. The first kappa shape index (κ1) is 40.3. The highest BCUT2D eigenvalue weighted by Crippen LogP contribution is 2.45. The third-order valence-corrected chi connectivity index (χ3v) is 11.4. The molecular weight excluding hydrogens is 741 g/mol. The molecule has 7 rings (SSSR count). The second-order valence-corrected chi connectivity index (χ2v) is 16.0. The van der Waals surface area contributed by atoms with E-state index in [0.29, 0.717) is 37.9 Å². The highest BCUT2D eigenvalue weighted by Gasteiger charge is 2.38. The molecule has 0 radical (unpaired) electrons. The van der Waals surface area contributed by atoms with E-state index >= 15 is 0 Å². The zero-order chi connectivity index (χ0) is 41.2. The molecule has 1 saturated heterocycles. The molecular formula is C43H54N8O7. The molecule has 1 aliphatic carbocycles. The summed E-state index contributed by atoms with van der Waals surface area (Å²) >= 11 is 0. The molecule has 308 valence electrons. The van der Waals surface area contributed by atoms with Crippen LogP contribution in [0, 0.1) is 11.8 Å². The largest absolute Gasteiger partial charge is 0.488 e. The Morgan fingerprint density at radius 3 is 2.38 bits per heavy atom. The lowest BCUT2D eigenvalue weighted by Gasteiger charge is -2.30. The Morgan fingerprint density at radius 1 is 0.931 bits per heavy atom. The summed E-state index contributed by atoms with van der Waals surface area (Å²) in [5.74, 6) is 1.66. The van der Waals surface area contributed by atoms with Gasteiger partial charge in [0, 0.05) is 24.2 Å². The maximum Gasteiger partial charge on any atom is 0.407 e. The number of nitrogens with one attached hydrogen (secondary N) is 4. The van der Waals surface area contributed by atoms with E-state index in [1.54, 1.807) is 4.90 Å². The number of aryl methyl sites for hydroxylation is 2. The lowest BCUT2D eigenvalue weighted by Crippen LogP contribution is -2.51. The van der Waals surface area contributed by atoms with E-state index < -0.39 is 24.3 Å². The number of carbonyl (C=O) groups excluding carboxylic acids is 4. The van der Waals surface area contributed by atoms with E-state index in [1.165, 1.54) is 19.8 Å². The Balaban J connectivity index is 1.09. The number of amides is 4. The van der Waals surface area contributed by atoms with Crippen molar-refractivity contribution in [2.45, 2.75) is 98.0 Å². The number of aromatic nitrogens is 4. The number of likely N-dealkylation sites (tertiary alicyclic amines) is 1. The molecule has 0 bridgehead atoms. The fourth-order valence-electron chi connectivity index (χ4n) is 8.35. The van der Waals surface area contributed by atoms with Crippen molar-refractivity contribution >= 4 is 24.0 Å². The number of rotatable bonds is 12. The summed E-state index contributed by atoms with van der Waals surface area (Å²) in [4.78, 5) is 71.6. The van der Waals surface area contributed by atoms with Crippen LogP contribution in [-0.4, -0.2) is 93.1 Å². The molecule has 4 amide bonds. The van der Waals surface area contributed by atoms with Gasteiger partial charge in [-0.05, 0) is 84.4 Å². The van der Waals surface area contributed by atoms with E-state index in [2.05, 4.69) is 50.9 Å². The van der Waals surface area contributed by atoms with Crippen molar-refractivity contribution in [2.24, 2.45) is 11.8 Å². The fraction of sp³-hybridized carbons (Fsp3) is 0.488. The highest BCUT2D eigenvalue weighted by molar-refractivity contribution is 5.87. The number of ether oxygens (including phenoxy) is 3. The number of alkyl carbamates (subject to hydrolysis) is 2. The third kappa shape index (κ3) is 7.98. The molecule has 4 heterocycles. The van der Waals surface area contributed by atoms with Crippen LogP contribution in [-0.2, 0) is 45.1 Å². The zero-order valence-corrected chi connectivity index (χ0v) is 34.4. The van der Waals surface area contributed by atoms with Crippen LogP contribution in [0.4, 0.5) is 9.59 Å². The molecule has 0 saturated carbocycles. The number of nitrogens with zero attached hydrogens (tertiary/aromatic N) is 4. The predicted octanol–water partition coefficient (Wildman–Crippen LogP) is 6.29. The molecule has 15 nitrogen and oxygen atoms in total. The number of imidazole rings is 2. The molecule has 58 heavy (non-hydrogen) atoms. The first-order chi connectivity index (χ1) is 27.9. The monoisotopic (exact) mass is 794 g/mol. The number of hydrogen-bond acceptors (Lipinski definition) is 9. The average Bonchev–Trinajstić information content (AvgIpc) is 4.00. The van der Waals surface area contributed by atoms with Crippen LogP contribution >= 0.6 is 0 Å². The van der Waals surface area contributed by atoms with Crippen molar-refractivity contribution in [1.82, 2.24) is 40.4 Å². The van der Waals surface area contributed by atoms with Gasteiger partial charge < -0.3 is 44.6 Å². The molecule has 4 aromatic rings. The van der Waals surface area contributed by atoms with Gasteiger partial charge in [-0.25, -0.2) is 19.6 Å². The minimum Gasteiger partial charge on any atom is -0.488 e. The predicted molar refractivity (Wildman–Crippen MR) is 217 cm³/mol. The lowest BCUT2D eigenvalue weighted by molar-refractivity contribution is -0.136. The van der Waals surface area contributed by atoms with Gasteiger partial charge in [0.1, 0.15) is 36.1 Å². The van der Waals surface area contributed by atoms with Gasteiger partial charge >= 0.3 is 12.2 Å². The van der Waals surface area contributed by atoms with Crippen molar-refractivity contribution in [1.29, 1.82) is 0 Å². The van der Waals surface area contributed by atoms with Gasteiger partial charge in [0.25, 0.3) is 0 Å². The van der Waals surface area contributed by atoms with Crippen LogP contribution in [0.25, 0.3) is 33.6 Å². The fourth-order valence-corrected chi connectivity index (χ4v) is 8.35. The van der Waals surface area contributed by atoms with Crippen LogP contribution in [0.15, 0.2) is 36.5 Å². The van der Waals surface area contributed by atoms with Crippen LogP contribution in [0.3, 0.4) is 0 Å². The van der Waals surface area contributed by atoms with Gasteiger partial charge in [-0.2, -0.15) is 0 Å². The average molecular weight is 795 g/mol. The zero-order valence-electron chi connectivity index (χ0n) is 34.4. The number of hydrogen-bond donors (Lipinski definition) is 4. The Kier molecular flexibility index (Phi) is 11.8. The van der Waals surface area contributed by atoms with Crippen LogP contribution in [0.5, 0.6) is 5.75 Å². The van der Waals surface area contributed by atoms with E-state index in [0.717, 1.165) is 82.8 Å². The number of benzene rings is 2. The third-order valence-electron chi connectivity index (χ3n) is 11.4. The standard InChI is InChI=1S/C43H54N8O7/c1-8-15-50(40(52)36(23(2)3)48-42(54)56-6)21-35-45-31-14-12-25-18-30-28-13-11-26(17-27(28)22-58-34(30)19-29(25)38(31)47-35)32-20-44-39(46-32)33-10-9-16-51(33)41(53)37(24(4)5)49-43(55)57-7/h11,13,17-20,23-24,33,36-37H,8-10,12,14-16,21-22H2,1-7H3,(H,44,46)(H,45,47)(H,48,54)(H,49,55)/t33-,36-,37-/m0/s1. The minimum absolute atomic E-state index is 0.114. The van der Waals surface area contributed by atoms with E-state index in [4.69, 9.17) is 24.2 Å². The summed E-state index contributed by atoms with van der Waals surface area (Å²) in [6, 6.07) is 9.05. The van der Waals surface area contributed by atoms with Crippen molar-refractivity contribution in [3.8, 4) is 39.4 Å². The summed E-state index contributed by atoms with van der Waals surface area (Å²) in [6.45, 7) is 11.4. The normalized spacial score (nSPS) is 16.4. The van der Waals surface area contributed by atoms with E-state index in [1.807, 2.05) is 45.7 Å². The summed E-state index contributed by atoms with van der Waals surface area (Å²) < 4.78 is 16.0. The molecule has 4 N–H and O–H groups in total. The molecule has 2 aliphatic heterocycles. The molecule has 3 atom stereocenters. The maximum absolute atomic E-state index is 13.7. The Bertz CT molecular complexity index is 2190. The van der Waals surface area contributed by atoms with Crippen molar-refractivity contribution in [3.63, 3.8) is 0 Å². The molecule has 15 heteroatoms. The second-order valence-electron chi connectivity index (χ2n) is 16.0. The van der Waals surface area contributed by atoms with Crippen LogP contribution in [0.1, 0.15) is 88.4 Å². The van der Waals surface area contributed by atoms with Gasteiger partial charge in [-0.15, -0.1) is 0 Å². The Labute approximate surface area is 338 Å². The van der Waals surface area contributed by atoms with Gasteiger partial charge in [-0.1, -0.05) is 46.8 Å². The summed E-state index contributed by atoms with van der Waals surface area (Å²) in [5, 5.41) is 5.41. The number of methoxy groups -OCH3 is 2. The summed E-state index contributed by atoms with van der Waals surface area (Å²) in [7, 11) is 2.58. The van der Waals surface area contributed by atoms with Gasteiger partial charge in [0.2, 0.25) is 11.8 Å². The first-order valence-electron chi connectivity index (χ1n) is 20.2. The maximum atomic E-state index is 13.7. The molecule has 0 unspecified atom stereocenters. The summed E-state index contributed by atoms with van der Waals surface area (Å²) in [5.41, 5.74) is 9.18. The SMILES string of the molecule is CCCN(Cc1nc2c([nH]1)-c1cc3c(cc1CC2)-c1ccc(-c2cnc([C@@H]4CCCN4C(=O)[C@@H](NC(=O)OC)C(C)C)[nH]2)cc1CO3)C(=O)[C@@H](NC(=O)OC)C(C)C. The first-order valence-corrected chi connectivity index (χ1v) is 20.2. The molecule has 3 aliphatic rings. The number of H-pyrrole nitrogens is 2. The van der Waals surface area contributed by atoms with Crippen molar-refractivity contribution in [3.05, 3.63) is 65.0 Å². The lowest BCUT2D eigenvalue weighted by atomic mass is 9.86. The second kappa shape index (κ2) is 16.9. The van der Waals surface area contributed by atoms with Gasteiger partial charge in [-0.3, -0.25) is 9.59 Å². The van der Waals surface area contributed by atoms with E-state index in [-0.39, 0.29) is 29.7 Å².